The van der Waals surface area contributed by atoms with Crippen LogP contribution in [-0.2, 0) is 11.2 Å². The summed E-state index contributed by atoms with van der Waals surface area (Å²) in [4.78, 5) is 11.0. The Morgan fingerprint density at radius 3 is 2.56 bits per heavy atom. The van der Waals surface area contributed by atoms with Crippen molar-refractivity contribution in [3.05, 3.63) is 48.1 Å². The number of amides is 1. The van der Waals surface area contributed by atoms with Crippen molar-refractivity contribution >= 4 is 5.91 Å². The van der Waals surface area contributed by atoms with Crippen LogP contribution in [0.3, 0.4) is 0 Å². The van der Waals surface area contributed by atoms with E-state index < -0.39 is 11.6 Å². The van der Waals surface area contributed by atoms with Gasteiger partial charge in [0.2, 0.25) is 5.91 Å². The molecule has 1 N–H and O–H groups in total. The number of halogens is 2. The van der Waals surface area contributed by atoms with Gasteiger partial charge in [-0.05, 0) is 31.6 Å². The third-order valence-corrected chi connectivity index (χ3v) is 2.15. The maximum Gasteiger partial charge on any atom is 0.243 e. The average molecular weight is 225 g/mol. The number of hydrogen-bond acceptors (Lipinski definition) is 1. The fourth-order valence-corrected chi connectivity index (χ4v) is 1.39. The third kappa shape index (κ3) is 3.15. The molecule has 2 nitrogen and oxygen atoms in total. The van der Waals surface area contributed by atoms with Crippen LogP contribution < -0.4 is 5.32 Å². The van der Waals surface area contributed by atoms with Gasteiger partial charge < -0.3 is 5.32 Å². The monoisotopic (exact) mass is 225 g/mol. The van der Waals surface area contributed by atoms with Gasteiger partial charge in [0.05, 0.1) is 0 Å². The first-order valence-electron chi connectivity index (χ1n) is 4.90. The van der Waals surface area contributed by atoms with Crippen LogP contribution in [0.5, 0.6) is 0 Å². The minimum absolute atomic E-state index is 0.0145. The zero-order valence-corrected chi connectivity index (χ0v) is 8.97. The Labute approximate surface area is 93.0 Å². The smallest absolute Gasteiger partial charge is 0.243 e. The largest absolute Gasteiger partial charge is 0.350 e. The van der Waals surface area contributed by atoms with Crippen molar-refractivity contribution in [2.75, 3.05) is 0 Å². The van der Waals surface area contributed by atoms with Gasteiger partial charge in [-0.3, -0.25) is 4.79 Å². The highest BCUT2D eigenvalue weighted by atomic mass is 19.1. The highest BCUT2D eigenvalue weighted by Gasteiger charge is 2.13. The van der Waals surface area contributed by atoms with Crippen LogP contribution in [-0.4, -0.2) is 11.9 Å². The molecule has 1 atom stereocenters. The van der Waals surface area contributed by atoms with E-state index in [9.17, 15) is 13.6 Å². The van der Waals surface area contributed by atoms with Crippen molar-refractivity contribution in [3.8, 4) is 0 Å². The molecule has 1 aromatic carbocycles. The number of benzene rings is 1. The summed E-state index contributed by atoms with van der Waals surface area (Å²) in [6, 6.07) is 3.35. The Balaban J connectivity index is 2.73. The second-order valence-electron chi connectivity index (χ2n) is 3.52. The van der Waals surface area contributed by atoms with Crippen molar-refractivity contribution in [1.29, 1.82) is 0 Å². The summed E-state index contributed by atoms with van der Waals surface area (Å²) in [5.41, 5.74) is -0.0145. The van der Waals surface area contributed by atoms with E-state index in [-0.39, 0.29) is 23.9 Å². The second-order valence-corrected chi connectivity index (χ2v) is 3.52. The van der Waals surface area contributed by atoms with E-state index in [1.54, 1.807) is 6.92 Å². The lowest BCUT2D eigenvalue weighted by molar-refractivity contribution is -0.117. The summed E-state index contributed by atoms with van der Waals surface area (Å²) in [6.45, 7) is 4.97. The minimum atomic E-state index is -0.597. The zero-order valence-electron chi connectivity index (χ0n) is 8.97. The number of rotatable bonds is 4. The topological polar surface area (TPSA) is 29.1 Å². The lowest BCUT2D eigenvalue weighted by Crippen LogP contribution is -2.33. The Bertz CT molecular complexity index is 384. The molecule has 0 saturated carbocycles. The molecule has 0 saturated heterocycles. The summed E-state index contributed by atoms with van der Waals surface area (Å²) in [5.74, 6) is -1.55. The Kier molecular flexibility index (Phi) is 4.17. The highest BCUT2D eigenvalue weighted by molar-refractivity contribution is 5.87. The summed E-state index contributed by atoms with van der Waals surface area (Å²) >= 11 is 0. The van der Waals surface area contributed by atoms with Crippen molar-refractivity contribution < 1.29 is 13.6 Å². The third-order valence-electron chi connectivity index (χ3n) is 2.15. The number of carbonyl (C=O) groups excluding carboxylic acids is 1. The molecule has 1 unspecified atom stereocenters. The lowest BCUT2D eigenvalue weighted by Gasteiger charge is -2.13. The molecule has 0 bridgehead atoms. The predicted octanol–water partition coefficient (Wildman–Crippen LogP) is 2.20. The van der Waals surface area contributed by atoms with Gasteiger partial charge in [0.1, 0.15) is 11.6 Å². The van der Waals surface area contributed by atoms with Crippen LogP contribution in [0.15, 0.2) is 30.9 Å². The Morgan fingerprint density at radius 1 is 1.50 bits per heavy atom. The molecule has 0 fully saturated rings. The van der Waals surface area contributed by atoms with E-state index >= 15 is 0 Å². The van der Waals surface area contributed by atoms with Gasteiger partial charge in [0.25, 0.3) is 0 Å². The summed E-state index contributed by atoms with van der Waals surface area (Å²) < 4.78 is 26.5. The van der Waals surface area contributed by atoms with E-state index in [0.717, 1.165) is 6.08 Å². The maximum absolute atomic E-state index is 13.3. The molecule has 1 amide bonds. The average Bonchev–Trinajstić information content (AvgIpc) is 2.23. The Morgan fingerprint density at radius 2 is 2.06 bits per heavy atom. The number of hydrogen-bond donors (Lipinski definition) is 1. The molecule has 0 spiro atoms. The molecule has 0 heterocycles. The summed E-state index contributed by atoms with van der Waals surface area (Å²) in [5, 5.41) is 2.54. The molecule has 1 rings (SSSR count). The molecule has 16 heavy (non-hydrogen) atoms. The van der Waals surface area contributed by atoms with Gasteiger partial charge in [0.15, 0.2) is 0 Å². The summed E-state index contributed by atoms with van der Waals surface area (Å²) in [6.07, 6.45) is 1.23. The molecule has 86 valence electrons. The van der Waals surface area contributed by atoms with E-state index in [0.29, 0.717) is 0 Å². The van der Waals surface area contributed by atoms with E-state index in [2.05, 4.69) is 11.9 Å². The molecule has 1 aromatic rings. The molecule has 4 heteroatoms. The molecule has 0 aliphatic heterocycles. The molecule has 0 aliphatic rings. The van der Waals surface area contributed by atoms with Crippen molar-refractivity contribution in [2.24, 2.45) is 0 Å². The SMILES string of the molecule is C=CC(=O)NC(C)Cc1c(F)cccc1F. The quantitative estimate of drug-likeness (QED) is 0.782. The van der Waals surface area contributed by atoms with E-state index in [4.69, 9.17) is 0 Å². The van der Waals surface area contributed by atoms with Gasteiger partial charge >= 0.3 is 0 Å². The Hall–Kier alpha value is -1.71. The van der Waals surface area contributed by atoms with Crippen LogP contribution in [0, 0.1) is 11.6 Å². The normalized spacial score (nSPS) is 11.9. The first-order chi connectivity index (χ1) is 7.54. The molecular weight excluding hydrogens is 212 g/mol. The van der Waals surface area contributed by atoms with Gasteiger partial charge in [0, 0.05) is 11.6 Å². The summed E-state index contributed by atoms with van der Waals surface area (Å²) in [7, 11) is 0. The van der Waals surface area contributed by atoms with Crippen LogP contribution in [0.2, 0.25) is 0 Å². The van der Waals surface area contributed by atoms with E-state index in [1.807, 2.05) is 0 Å². The highest BCUT2D eigenvalue weighted by Crippen LogP contribution is 2.13. The van der Waals surface area contributed by atoms with Crippen LogP contribution >= 0.6 is 0 Å². The maximum atomic E-state index is 13.3. The van der Waals surface area contributed by atoms with E-state index in [1.165, 1.54) is 18.2 Å². The number of nitrogens with one attached hydrogen (secondary N) is 1. The van der Waals surface area contributed by atoms with Crippen LogP contribution in [0.25, 0.3) is 0 Å². The van der Waals surface area contributed by atoms with Gasteiger partial charge in [-0.25, -0.2) is 8.78 Å². The molecule has 0 aromatic heterocycles. The second kappa shape index (κ2) is 5.39. The first kappa shape index (κ1) is 12.4. The van der Waals surface area contributed by atoms with Crippen LogP contribution in [0.1, 0.15) is 12.5 Å². The lowest BCUT2D eigenvalue weighted by atomic mass is 10.1. The van der Waals surface area contributed by atoms with Crippen LogP contribution in [0.4, 0.5) is 8.78 Å². The standard InChI is InChI=1S/C12H13F2NO/c1-3-12(16)15-8(2)7-9-10(13)5-4-6-11(9)14/h3-6,8H,1,7H2,2H3,(H,15,16). The van der Waals surface area contributed by atoms with Gasteiger partial charge in [-0.1, -0.05) is 12.6 Å². The minimum Gasteiger partial charge on any atom is -0.350 e. The van der Waals surface area contributed by atoms with Crippen molar-refractivity contribution in [2.45, 2.75) is 19.4 Å². The molecule has 0 radical (unpaired) electrons. The molecular formula is C12H13F2NO. The zero-order chi connectivity index (χ0) is 12.1. The fraction of sp³-hybridized carbons (Fsp3) is 0.250. The fourth-order valence-electron chi connectivity index (χ4n) is 1.39. The van der Waals surface area contributed by atoms with Gasteiger partial charge in [-0.15, -0.1) is 0 Å². The van der Waals surface area contributed by atoms with Crippen molar-refractivity contribution in [3.63, 3.8) is 0 Å². The van der Waals surface area contributed by atoms with Crippen molar-refractivity contribution in [1.82, 2.24) is 5.32 Å². The predicted molar refractivity (Wildman–Crippen MR) is 57.9 cm³/mol. The number of carbonyl (C=O) groups is 1. The molecule has 0 aliphatic carbocycles. The first-order valence-corrected chi connectivity index (χ1v) is 4.90. The van der Waals surface area contributed by atoms with Gasteiger partial charge in [-0.2, -0.15) is 0 Å².